The van der Waals surface area contributed by atoms with Crippen molar-refractivity contribution in [1.29, 1.82) is 0 Å². The van der Waals surface area contributed by atoms with Crippen molar-refractivity contribution in [3.63, 3.8) is 0 Å². The monoisotopic (exact) mass is 306 g/mol. The van der Waals surface area contributed by atoms with E-state index < -0.39 is 0 Å². The molecule has 0 saturated carbocycles. The van der Waals surface area contributed by atoms with Crippen LogP contribution < -0.4 is 10.2 Å². The van der Waals surface area contributed by atoms with Gasteiger partial charge in [-0.3, -0.25) is 0 Å². The number of aromatic nitrogens is 6. The molecule has 21 heavy (non-hydrogen) atoms. The second-order valence-electron chi connectivity index (χ2n) is 4.73. The lowest BCUT2D eigenvalue weighted by molar-refractivity contribution is 0.683. The highest BCUT2D eigenvalue weighted by Crippen LogP contribution is 2.25. The Labute approximate surface area is 127 Å². The Morgan fingerprint density at radius 2 is 2.05 bits per heavy atom. The molecule has 9 heteroatoms. The minimum absolute atomic E-state index is 0.610. The highest BCUT2D eigenvalue weighted by molar-refractivity contribution is 7.99. The zero-order chi connectivity index (χ0) is 14.7. The van der Waals surface area contributed by atoms with Crippen LogP contribution in [0.5, 0.6) is 0 Å². The number of anilines is 2. The summed E-state index contributed by atoms with van der Waals surface area (Å²) >= 11 is 1.39. The summed E-state index contributed by atoms with van der Waals surface area (Å²) in [5, 5.41) is 8.62. The maximum Gasteiger partial charge on any atom is 0.231 e. The van der Waals surface area contributed by atoms with Crippen LogP contribution in [0, 0.1) is 0 Å². The van der Waals surface area contributed by atoms with Crippen LogP contribution in [0.25, 0.3) is 0 Å². The summed E-state index contributed by atoms with van der Waals surface area (Å²) in [5.41, 5.74) is 0. The molecule has 0 aliphatic carbocycles. The van der Waals surface area contributed by atoms with Crippen LogP contribution in [0.2, 0.25) is 0 Å². The quantitative estimate of drug-likeness (QED) is 0.881. The molecule has 2 aromatic rings. The first-order valence-electron chi connectivity index (χ1n) is 7.03. The molecule has 1 aliphatic rings. The van der Waals surface area contributed by atoms with Crippen LogP contribution in [0.1, 0.15) is 19.8 Å². The number of nitrogens with zero attached hydrogens (tertiary/aromatic N) is 7. The molecule has 2 aromatic heterocycles. The fraction of sp³-hybridized carbons (Fsp3) is 0.583. The van der Waals surface area contributed by atoms with Crippen LogP contribution in [-0.2, 0) is 7.05 Å². The second kappa shape index (κ2) is 6.25. The maximum absolute atomic E-state index is 4.56. The van der Waals surface area contributed by atoms with E-state index in [1.807, 2.05) is 14.0 Å². The van der Waals surface area contributed by atoms with Crippen molar-refractivity contribution in [3.05, 3.63) is 6.33 Å². The van der Waals surface area contributed by atoms with Crippen molar-refractivity contribution in [2.24, 2.45) is 7.05 Å². The molecule has 112 valence electrons. The van der Waals surface area contributed by atoms with Gasteiger partial charge in [0.05, 0.1) is 0 Å². The van der Waals surface area contributed by atoms with Crippen molar-refractivity contribution in [3.8, 4) is 0 Å². The smallest absolute Gasteiger partial charge is 0.231 e. The third kappa shape index (κ3) is 3.23. The van der Waals surface area contributed by atoms with Gasteiger partial charge in [-0.2, -0.15) is 20.1 Å². The summed E-state index contributed by atoms with van der Waals surface area (Å²) in [5.74, 6) is 1.35. The summed E-state index contributed by atoms with van der Waals surface area (Å²) in [4.78, 5) is 19.9. The molecule has 1 fully saturated rings. The lowest BCUT2D eigenvalue weighted by Crippen LogP contribution is -2.22. The molecule has 0 bridgehead atoms. The van der Waals surface area contributed by atoms with Crippen molar-refractivity contribution in [2.75, 3.05) is 29.9 Å². The maximum atomic E-state index is 4.56. The van der Waals surface area contributed by atoms with E-state index in [2.05, 4.69) is 35.3 Å². The highest BCUT2D eigenvalue weighted by Gasteiger charge is 2.18. The van der Waals surface area contributed by atoms with Gasteiger partial charge in [-0.15, -0.1) is 0 Å². The molecule has 0 amide bonds. The van der Waals surface area contributed by atoms with Crippen molar-refractivity contribution < 1.29 is 0 Å². The zero-order valence-corrected chi connectivity index (χ0v) is 13.0. The third-order valence-corrected chi connectivity index (χ3v) is 4.10. The number of aryl methyl sites for hydroxylation is 1. The van der Waals surface area contributed by atoms with Crippen LogP contribution >= 0.6 is 11.8 Å². The lowest BCUT2D eigenvalue weighted by atomic mass is 10.4. The van der Waals surface area contributed by atoms with E-state index in [0.717, 1.165) is 30.7 Å². The normalized spacial score (nSPS) is 14.7. The first kappa shape index (κ1) is 14.1. The number of hydrogen-bond acceptors (Lipinski definition) is 8. The van der Waals surface area contributed by atoms with Crippen LogP contribution in [-0.4, -0.2) is 49.4 Å². The van der Waals surface area contributed by atoms with E-state index >= 15 is 0 Å². The molecule has 0 spiro atoms. The molecule has 8 nitrogen and oxygen atoms in total. The Balaban J connectivity index is 1.89. The Kier molecular flexibility index (Phi) is 4.18. The summed E-state index contributed by atoms with van der Waals surface area (Å²) < 4.78 is 1.71. The second-order valence-corrected chi connectivity index (χ2v) is 5.67. The minimum Gasteiger partial charge on any atom is -0.354 e. The molecule has 0 aromatic carbocycles. The van der Waals surface area contributed by atoms with Gasteiger partial charge in [0, 0.05) is 26.7 Å². The van der Waals surface area contributed by atoms with Gasteiger partial charge in [0.1, 0.15) is 6.33 Å². The SMILES string of the molecule is CCNc1nc(Sc2ncnn2C)nc(N2CCCC2)n1. The summed E-state index contributed by atoms with van der Waals surface area (Å²) in [6.07, 6.45) is 3.90. The summed E-state index contributed by atoms with van der Waals surface area (Å²) in [7, 11) is 1.85. The number of nitrogens with one attached hydrogen (secondary N) is 1. The Bertz CT molecular complexity index is 607. The molecule has 1 saturated heterocycles. The standard InChI is InChI=1S/C12H18N8S/c1-3-13-9-16-10(20-6-4-5-7-20)18-11(17-9)21-12-14-8-15-19(12)2/h8H,3-7H2,1-2H3,(H,13,16,17,18). The average molecular weight is 306 g/mol. The Morgan fingerprint density at radius 1 is 1.24 bits per heavy atom. The topological polar surface area (TPSA) is 84.7 Å². The van der Waals surface area contributed by atoms with Crippen LogP contribution in [0.15, 0.2) is 16.6 Å². The van der Waals surface area contributed by atoms with E-state index in [0.29, 0.717) is 11.1 Å². The minimum atomic E-state index is 0.610. The molecule has 3 heterocycles. The number of hydrogen-bond donors (Lipinski definition) is 1. The van der Waals surface area contributed by atoms with Gasteiger partial charge in [-0.1, -0.05) is 0 Å². The van der Waals surface area contributed by atoms with Gasteiger partial charge in [0.25, 0.3) is 0 Å². The Hall–Kier alpha value is -1.90. The van der Waals surface area contributed by atoms with Gasteiger partial charge in [-0.25, -0.2) is 9.67 Å². The molecular weight excluding hydrogens is 288 g/mol. The first-order valence-corrected chi connectivity index (χ1v) is 7.84. The van der Waals surface area contributed by atoms with Gasteiger partial charge in [0.15, 0.2) is 5.16 Å². The van der Waals surface area contributed by atoms with Gasteiger partial charge in [0.2, 0.25) is 17.1 Å². The molecule has 0 unspecified atom stereocenters. The molecule has 1 aliphatic heterocycles. The predicted molar refractivity (Wildman–Crippen MR) is 80.6 cm³/mol. The van der Waals surface area contributed by atoms with E-state index in [-0.39, 0.29) is 0 Å². The largest absolute Gasteiger partial charge is 0.354 e. The van der Waals surface area contributed by atoms with Gasteiger partial charge < -0.3 is 10.2 Å². The van der Waals surface area contributed by atoms with Gasteiger partial charge >= 0.3 is 0 Å². The molecule has 3 rings (SSSR count). The average Bonchev–Trinajstić information content (AvgIpc) is 3.12. The fourth-order valence-corrected chi connectivity index (χ4v) is 2.85. The zero-order valence-electron chi connectivity index (χ0n) is 12.2. The van der Waals surface area contributed by atoms with Crippen LogP contribution in [0.3, 0.4) is 0 Å². The highest BCUT2D eigenvalue weighted by atomic mass is 32.2. The van der Waals surface area contributed by atoms with Crippen molar-refractivity contribution >= 4 is 23.7 Å². The van der Waals surface area contributed by atoms with Gasteiger partial charge in [-0.05, 0) is 31.5 Å². The Morgan fingerprint density at radius 3 is 2.71 bits per heavy atom. The molecule has 0 radical (unpaired) electrons. The van der Waals surface area contributed by atoms with E-state index in [1.54, 1.807) is 4.68 Å². The molecule has 1 N–H and O–H groups in total. The number of rotatable bonds is 5. The van der Waals surface area contributed by atoms with E-state index in [9.17, 15) is 0 Å². The van der Waals surface area contributed by atoms with E-state index in [1.165, 1.54) is 30.9 Å². The lowest BCUT2D eigenvalue weighted by Gasteiger charge is -2.16. The van der Waals surface area contributed by atoms with Crippen LogP contribution in [0.4, 0.5) is 11.9 Å². The molecular formula is C12H18N8S. The summed E-state index contributed by atoms with van der Waals surface area (Å²) in [6, 6.07) is 0. The summed E-state index contributed by atoms with van der Waals surface area (Å²) in [6.45, 7) is 4.81. The third-order valence-electron chi connectivity index (χ3n) is 3.18. The van der Waals surface area contributed by atoms with E-state index in [4.69, 9.17) is 0 Å². The molecule has 0 atom stereocenters. The van der Waals surface area contributed by atoms with Crippen molar-refractivity contribution in [2.45, 2.75) is 30.1 Å². The first-order chi connectivity index (χ1) is 10.3. The fourth-order valence-electron chi connectivity index (χ4n) is 2.15. The predicted octanol–water partition coefficient (Wildman–Crippen LogP) is 1.18. The van der Waals surface area contributed by atoms with Crippen molar-refractivity contribution in [1.82, 2.24) is 29.7 Å².